The van der Waals surface area contributed by atoms with Crippen LogP contribution in [0, 0.1) is 0 Å². The Kier molecular flexibility index (Phi) is 9.18. The third-order valence-electron chi connectivity index (χ3n) is 2.30. The average Bonchev–Trinajstić information content (AvgIpc) is 2.19. The number of ether oxygens (including phenoxy) is 1. The molecule has 0 aromatic rings. The van der Waals surface area contributed by atoms with E-state index in [2.05, 4.69) is 4.90 Å². The maximum Gasteiger partial charge on any atom is 0.317 e. The van der Waals surface area contributed by atoms with Crippen LogP contribution in [0.2, 0.25) is 0 Å². The van der Waals surface area contributed by atoms with Crippen LogP contribution in [0.1, 0.15) is 12.8 Å². The predicted molar refractivity (Wildman–Crippen MR) is 63.7 cm³/mol. The SMILES string of the molecule is COCCCCN(CCN(C)C)CC(=O)O. The van der Waals surface area contributed by atoms with Crippen LogP contribution in [0.25, 0.3) is 0 Å². The van der Waals surface area contributed by atoms with Gasteiger partial charge in [-0.05, 0) is 33.5 Å². The summed E-state index contributed by atoms with van der Waals surface area (Å²) in [6, 6.07) is 0. The number of carboxylic acids is 1. The highest BCUT2D eigenvalue weighted by Crippen LogP contribution is 1.96. The first-order chi connectivity index (χ1) is 7.56. The number of likely N-dealkylation sites (N-methyl/N-ethyl adjacent to an activating group) is 1. The molecule has 0 saturated heterocycles. The largest absolute Gasteiger partial charge is 0.480 e. The van der Waals surface area contributed by atoms with Crippen molar-refractivity contribution in [3.8, 4) is 0 Å². The Balaban J connectivity index is 3.76. The van der Waals surface area contributed by atoms with Crippen LogP contribution in [0.5, 0.6) is 0 Å². The molecule has 1 N–H and O–H groups in total. The molecular formula is C11H24N2O3. The second kappa shape index (κ2) is 9.57. The third-order valence-corrected chi connectivity index (χ3v) is 2.30. The molecule has 0 saturated carbocycles. The normalized spacial score (nSPS) is 11.3. The van der Waals surface area contributed by atoms with E-state index in [1.54, 1.807) is 7.11 Å². The average molecular weight is 232 g/mol. The van der Waals surface area contributed by atoms with E-state index in [1.165, 1.54) is 0 Å². The van der Waals surface area contributed by atoms with Gasteiger partial charge in [0.25, 0.3) is 0 Å². The monoisotopic (exact) mass is 232 g/mol. The molecule has 0 bridgehead atoms. The Morgan fingerprint density at radius 3 is 2.38 bits per heavy atom. The molecule has 0 aromatic heterocycles. The Labute approximate surface area is 98.0 Å². The van der Waals surface area contributed by atoms with Gasteiger partial charge in [-0.2, -0.15) is 0 Å². The van der Waals surface area contributed by atoms with E-state index in [-0.39, 0.29) is 6.54 Å². The highest BCUT2D eigenvalue weighted by atomic mass is 16.5. The molecule has 0 unspecified atom stereocenters. The standard InChI is InChI=1S/C11H24N2O3/c1-12(2)7-8-13(10-11(14)15)6-4-5-9-16-3/h4-10H2,1-3H3,(H,14,15). The first-order valence-corrected chi connectivity index (χ1v) is 5.64. The van der Waals surface area contributed by atoms with Gasteiger partial charge in [0.2, 0.25) is 0 Å². The maximum atomic E-state index is 10.7. The predicted octanol–water partition coefficient (Wildman–Crippen LogP) is 0.361. The van der Waals surface area contributed by atoms with Gasteiger partial charge in [0.05, 0.1) is 6.54 Å². The van der Waals surface area contributed by atoms with E-state index in [1.807, 2.05) is 19.0 Å². The van der Waals surface area contributed by atoms with Gasteiger partial charge in [0, 0.05) is 26.8 Å². The lowest BCUT2D eigenvalue weighted by atomic mass is 10.3. The van der Waals surface area contributed by atoms with Crippen molar-refractivity contribution in [2.75, 3.05) is 54.0 Å². The number of unbranched alkanes of at least 4 members (excludes halogenated alkanes) is 1. The first kappa shape index (κ1) is 15.3. The summed E-state index contributed by atoms with van der Waals surface area (Å²) in [7, 11) is 5.66. The highest BCUT2D eigenvalue weighted by Gasteiger charge is 2.09. The molecule has 0 radical (unpaired) electrons. The van der Waals surface area contributed by atoms with Crippen LogP contribution in [0.4, 0.5) is 0 Å². The first-order valence-electron chi connectivity index (χ1n) is 5.64. The number of rotatable bonds is 10. The molecule has 0 aromatic carbocycles. The van der Waals surface area contributed by atoms with E-state index in [4.69, 9.17) is 9.84 Å². The minimum Gasteiger partial charge on any atom is -0.480 e. The second-order valence-electron chi connectivity index (χ2n) is 4.17. The molecule has 16 heavy (non-hydrogen) atoms. The lowest BCUT2D eigenvalue weighted by molar-refractivity contribution is -0.138. The van der Waals surface area contributed by atoms with Crippen molar-refractivity contribution in [2.45, 2.75) is 12.8 Å². The van der Waals surface area contributed by atoms with Gasteiger partial charge in [-0.1, -0.05) is 0 Å². The van der Waals surface area contributed by atoms with Crippen molar-refractivity contribution >= 4 is 5.97 Å². The van der Waals surface area contributed by atoms with E-state index in [9.17, 15) is 4.79 Å². The zero-order valence-electron chi connectivity index (χ0n) is 10.6. The number of carboxylic acid groups (broad SMARTS) is 1. The summed E-state index contributed by atoms with van der Waals surface area (Å²) in [5.74, 6) is -0.759. The molecule has 0 spiro atoms. The molecule has 0 aliphatic rings. The lowest BCUT2D eigenvalue weighted by Crippen LogP contribution is -2.36. The Bertz CT molecular complexity index is 186. The number of methoxy groups -OCH3 is 1. The van der Waals surface area contributed by atoms with Gasteiger partial charge in [-0.15, -0.1) is 0 Å². The molecule has 0 heterocycles. The van der Waals surface area contributed by atoms with E-state index >= 15 is 0 Å². The van der Waals surface area contributed by atoms with Crippen molar-refractivity contribution in [2.24, 2.45) is 0 Å². The Morgan fingerprint density at radius 2 is 1.88 bits per heavy atom. The fourth-order valence-corrected chi connectivity index (χ4v) is 1.38. The molecule has 0 aliphatic carbocycles. The smallest absolute Gasteiger partial charge is 0.317 e. The summed E-state index contributed by atoms with van der Waals surface area (Å²) in [6.45, 7) is 3.38. The fourth-order valence-electron chi connectivity index (χ4n) is 1.38. The highest BCUT2D eigenvalue weighted by molar-refractivity contribution is 5.69. The van der Waals surface area contributed by atoms with Gasteiger partial charge in [0.15, 0.2) is 0 Å². The molecule has 0 rings (SSSR count). The molecular weight excluding hydrogens is 208 g/mol. The summed E-state index contributed by atoms with van der Waals surface area (Å²) < 4.78 is 4.96. The molecule has 0 aliphatic heterocycles. The summed E-state index contributed by atoms with van der Waals surface area (Å²) in [5.41, 5.74) is 0. The van der Waals surface area contributed by atoms with E-state index < -0.39 is 5.97 Å². The Morgan fingerprint density at radius 1 is 1.19 bits per heavy atom. The van der Waals surface area contributed by atoms with Gasteiger partial charge in [-0.25, -0.2) is 0 Å². The van der Waals surface area contributed by atoms with Crippen molar-refractivity contribution in [3.05, 3.63) is 0 Å². The van der Waals surface area contributed by atoms with E-state index in [0.29, 0.717) is 0 Å². The second-order valence-corrected chi connectivity index (χ2v) is 4.17. The van der Waals surface area contributed by atoms with Crippen LogP contribution in [0.15, 0.2) is 0 Å². The maximum absolute atomic E-state index is 10.7. The van der Waals surface area contributed by atoms with Crippen LogP contribution >= 0.6 is 0 Å². The van der Waals surface area contributed by atoms with Gasteiger partial charge >= 0.3 is 5.97 Å². The minimum atomic E-state index is -0.759. The Hall–Kier alpha value is -0.650. The molecule has 96 valence electrons. The zero-order chi connectivity index (χ0) is 12.4. The molecule has 5 heteroatoms. The number of aliphatic carboxylic acids is 1. The van der Waals surface area contributed by atoms with Crippen LogP contribution < -0.4 is 0 Å². The molecule has 5 nitrogen and oxygen atoms in total. The molecule has 0 atom stereocenters. The van der Waals surface area contributed by atoms with Gasteiger partial charge in [0.1, 0.15) is 0 Å². The number of hydrogen-bond acceptors (Lipinski definition) is 4. The van der Waals surface area contributed by atoms with Gasteiger partial charge < -0.3 is 14.7 Å². The molecule has 0 fully saturated rings. The number of carbonyl (C=O) groups is 1. The lowest BCUT2D eigenvalue weighted by Gasteiger charge is -2.22. The van der Waals surface area contributed by atoms with E-state index in [0.717, 1.165) is 39.1 Å². The summed E-state index contributed by atoms with van der Waals surface area (Å²) in [6.07, 6.45) is 1.96. The van der Waals surface area contributed by atoms with Crippen molar-refractivity contribution < 1.29 is 14.6 Å². The topological polar surface area (TPSA) is 53.0 Å². The quantitative estimate of drug-likeness (QED) is 0.551. The van der Waals surface area contributed by atoms with Gasteiger partial charge in [-0.3, -0.25) is 9.69 Å². The number of hydrogen-bond donors (Lipinski definition) is 1. The summed E-state index contributed by atoms with van der Waals surface area (Å²) in [4.78, 5) is 14.7. The molecule has 0 amide bonds. The zero-order valence-corrected chi connectivity index (χ0v) is 10.6. The van der Waals surface area contributed by atoms with Crippen molar-refractivity contribution in [1.82, 2.24) is 9.80 Å². The van der Waals surface area contributed by atoms with Crippen LogP contribution in [-0.2, 0) is 9.53 Å². The summed E-state index contributed by atoms with van der Waals surface area (Å²) in [5, 5.41) is 8.77. The van der Waals surface area contributed by atoms with Crippen molar-refractivity contribution in [3.63, 3.8) is 0 Å². The third kappa shape index (κ3) is 9.89. The minimum absolute atomic E-state index is 0.126. The van der Waals surface area contributed by atoms with Crippen LogP contribution in [-0.4, -0.2) is 74.9 Å². The van der Waals surface area contributed by atoms with Crippen LogP contribution in [0.3, 0.4) is 0 Å². The number of nitrogens with zero attached hydrogens (tertiary/aromatic N) is 2. The summed E-state index contributed by atoms with van der Waals surface area (Å²) >= 11 is 0. The fraction of sp³-hybridized carbons (Fsp3) is 0.909. The van der Waals surface area contributed by atoms with Crippen molar-refractivity contribution in [1.29, 1.82) is 0 Å².